The lowest BCUT2D eigenvalue weighted by Crippen LogP contribution is -2.24. The van der Waals surface area contributed by atoms with Crippen molar-refractivity contribution in [3.63, 3.8) is 0 Å². The molecule has 3 amide bonds. The van der Waals surface area contributed by atoms with E-state index in [0.29, 0.717) is 29.2 Å². The van der Waals surface area contributed by atoms with Crippen LogP contribution in [-0.2, 0) is 9.53 Å². The largest absolute Gasteiger partial charge is 0.483 e. The SMILES string of the molecule is CCOC(=O)c1ccc(NC(=O)COc2ccccc2C=NNC(N)=O)cc1. The van der Waals surface area contributed by atoms with Gasteiger partial charge in [-0.15, -0.1) is 0 Å². The first-order valence-electron chi connectivity index (χ1n) is 8.37. The molecule has 0 heterocycles. The second-order valence-corrected chi connectivity index (χ2v) is 5.41. The first kappa shape index (κ1) is 20.4. The summed E-state index contributed by atoms with van der Waals surface area (Å²) in [5.41, 5.74) is 8.48. The lowest BCUT2D eigenvalue weighted by molar-refractivity contribution is -0.118. The fourth-order valence-corrected chi connectivity index (χ4v) is 2.13. The molecule has 28 heavy (non-hydrogen) atoms. The van der Waals surface area contributed by atoms with Gasteiger partial charge >= 0.3 is 12.0 Å². The van der Waals surface area contributed by atoms with Crippen LogP contribution in [0.2, 0.25) is 0 Å². The van der Waals surface area contributed by atoms with Crippen molar-refractivity contribution >= 4 is 29.8 Å². The van der Waals surface area contributed by atoms with Gasteiger partial charge < -0.3 is 20.5 Å². The molecule has 0 spiro atoms. The molecule has 0 aromatic heterocycles. The van der Waals surface area contributed by atoms with Crippen LogP contribution in [-0.4, -0.2) is 37.3 Å². The molecule has 146 valence electrons. The van der Waals surface area contributed by atoms with E-state index >= 15 is 0 Å². The van der Waals surface area contributed by atoms with Crippen LogP contribution in [0.5, 0.6) is 5.75 Å². The average molecular weight is 384 g/mol. The Labute approximate surface area is 161 Å². The van der Waals surface area contributed by atoms with Crippen molar-refractivity contribution in [2.75, 3.05) is 18.5 Å². The van der Waals surface area contributed by atoms with Crippen LogP contribution in [0, 0.1) is 0 Å². The van der Waals surface area contributed by atoms with E-state index in [1.54, 1.807) is 55.5 Å². The van der Waals surface area contributed by atoms with Gasteiger partial charge in [0.25, 0.3) is 5.91 Å². The number of benzene rings is 2. The molecular formula is C19H20N4O5. The number of urea groups is 1. The highest BCUT2D eigenvalue weighted by molar-refractivity contribution is 5.94. The third-order valence-corrected chi connectivity index (χ3v) is 3.34. The standard InChI is InChI=1S/C19H20N4O5/c1-2-27-18(25)13-7-9-15(10-8-13)22-17(24)12-28-16-6-4-3-5-14(16)11-21-23-19(20)26/h3-11H,2,12H2,1H3,(H,22,24)(H3,20,23,26). The minimum atomic E-state index is -0.789. The van der Waals surface area contributed by atoms with Crippen LogP contribution < -0.4 is 21.2 Å². The summed E-state index contributed by atoms with van der Waals surface area (Å²) in [5.74, 6) is -0.399. The van der Waals surface area contributed by atoms with Gasteiger partial charge in [-0.1, -0.05) is 12.1 Å². The second kappa shape index (κ2) is 10.3. The van der Waals surface area contributed by atoms with Crippen LogP contribution >= 0.6 is 0 Å². The Morgan fingerprint density at radius 1 is 1.11 bits per heavy atom. The molecule has 0 aliphatic heterocycles. The quantitative estimate of drug-likeness (QED) is 0.363. The minimum absolute atomic E-state index is 0.242. The van der Waals surface area contributed by atoms with Crippen molar-refractivity contribution in [2.45, 2.75) is 6.92 Å². The highest BCUT2D eigenvalue weighted by Gasteiger charge is 2.09. The number of hydrogen-bond donors (Lipinski definition) is 3. The topological polar surface area (TPSA) is 132 Å². The van der Waals surface area contributed by atoms with E-state index in [4.69, 9.17) is 15.2 Å². The number of esters is 1. The molecule has 0 aliphatic carbocycles. The molecule has 0 aliphatic rings. The Morgan fingerprint density at radius 2 is 1.82 bits per heavy atom. The molecular weight excluding hydrogens is 364 g/mol. The maximum atomic E-state index is 12.1. The smallest absolute Gasteiger partial charge is 0.338 e. The molecule has 0 unspecified atom stereocenters. The van der Waals surface area contributed by atoms with Crippen molar-refractivity contribution in [1.82, 2.24) is 5.43 Å². The van der Waals surface area contributed by atoms with Crippen LogP contribution in [0.15, 0.2) is 53.6 Å². The average Bonchev–Trinajstić information content (AvgIpc) is 2.67. The van der Waals surface area contributed by atoms with Gasteiger partial charge in [-0.05, 0) is 43.3 Å². The van der Waals surface area contributed by atoms with Crippen molar-refractivity contribution in [3.05, 3.63) is 59.7 Å². The van der Waals surface area contributed by atoms with E-state index < -0.39 is 12.0 Å². The van der Waals surface area contributed by atoms with Crippen LogP contribution in [0.4, 0.5) is 10.5 Å². The fraction of sp³-hybridized carbons (Fsp3) is 0.158. The molecule has 9 heteroatoms. The molecule has 2 aromatic rings. The number of para-hydroxylation sites is 1. The molecule has 9 nitrogen and oxygen atoms in total. The molecule has 0 bridgehead atoms. The van der Waals surface area contributed by atoms with Crippen LogP contribution in [0.25, 0.3) is 0 Å². The number of carbonyl (C=O) groups is 3. The van der Waals surface area contributed by atoms with Gasteiger partial charge in [0.15, 0.2) is 6.61 Å². The number of rotatable bonds is 8. The molecule has 2 rings (SSSR count). The highest BCUT2D eigenvalue weighted by atomic mass is 16.5. The first-order chi connectivity index (χ1) is 13.5. The molecule has 0 saturated carbocycles. The van der Waals surface area contributed by atoms with Crippen molar-refractivity contribution in [2.24, 2.45) is 10.8 Å². The summed E-state index contributed by atoms with van der Waals surface area (Å²) >= 11 is 0. The van der Waals surface area contributed by atoms with Gasteiger partial charge in [-0.25, -0.2) is 15.0 Å². The van der Waals surface area contributed by atoms with E-state index in [9.17, 15) is 14.4 Å². The Kier molecular flexibility index (Phi) is 7.53. The summed E-state index contributed by atoms with van der Waals surface area (Å²) in [4.78, 5) is 34.3. The highest BCUT2D eigenvalue weighted by Crippen LogP contribution is 2.16. The maximum absolute atomic E-state index is 12.1. The monoisotopic (exact) mass is 384 g/mol. The third kappa shape index (κ3) is 6.45. The van der Waals surface area contributed by atoms with Crippen molar-refractivity contribution < 1.29 is 23.9 Å². The zero-order chi connectivity index (χ0) is 20.4. The van der Waals surface area contributed by atoms with E-state index in [1.807, 2.05) is 0 Å². The van der Waals surface area contributed by atoms with Crippen molar-refractivity contribution in [1.29, 1.82) is 0 Å². The van der Waals surface area contributed by atoms with Gasteiger partial charge in [0.2, 0.25) is 0 Å². The number of nitrogens with one attached hydrogen (secondary N) is 2. The molecule has 0 atom stereocenters. The number of carbonyl (C=O) groups excluding carboxylic acids is 3. The zero-order valence-electron chi connectivity index (χ0n) is 15.2. The number of ether oxygens (including phenoxy) is 2. The maximum Gasteiger partial charge on any atom is 0.338 e. The number of amides is 3. The number of nitrogens with two attached hydrogens (primary N) is 1. The van der Waals surface area contributed by atoms with Gasteiger partial charge in [0, 0.05) is 11.3 Å². The summed E-state index contributed by atoms with van der Waals surface area (Å²) in [5, 5.41) is 6.33. The Bertz CT molecular complexity index is 865. The summed E-state index contributed by atoms with van der Waals surface area (Å²) in [6, 6.07) is 12.4. The molecule has 2 aromatic carbocycles. The predicted molar refractivity (Wildman–Crippen MR) is 103 cm³/mol. The normalized spacial score (nSPS) is 10.3. The van der Waals surface area contributed by atoms with Gasteiger partial charge in [0.1, 0.15) is 5.75 Å². The van der Waals surface area contributed by atoms with E-state index in [1.165, 1.54) is 6.21 Å². The number of hydrazone groups is 1. The fourth-order valence-electron chi connectivity index (χ4n) is 2.13. The number of hydrogen-bond acceptors (Lipinski definition) is 6. The zero-order valence-corrected chi connectivity index (χ0v) is 15.2. The lowest BCUT2D eigenvalue weighted by Gasteiger charge is -2.10. The second-order valence-electron chi connectivity index (χ2n) is 5.41. The summed E-state index contributed by atoms with van der Waals surface area (Å²) in [6.07, 6.45) is 1.35. The summed E-state index contributed by atoms with van der Waals surface area (Å²) < 4.78 is 10.4. The third-order valence-electron chi connectivity index (χ3n) is 3.34. The number of primary amides is 1. The van der Waals surface area contributed by atoms with Crippen molar-refractivity contribution in [3.8, 4) is 5.75 Å². The van der Waals surface area contributed by atoms with E-state index in [2.05, 4.69) is 15.8 Å². The van der Waals surface area contributed by atoms with Gasteiger partial charge in [-0.3, -0.25) is 4.79 Å². The summed E-state index contributed by atoms with van der Waals surface area (Å²) in [7, 11) is 0. The molecule has 0 saturated heterocycles. The Balaban J connectivity index is 1.91. The number of anilines is 1. The molecule has 0 radical (unpaired) electrons. The van der Waals surface area contributed by atoms with E-state index in [-0.39, 0.29) is 12.5 Å². The minimum Gasteiger partial charge on any atom is -0.483 e. The van der Waals surface area contributed by atoms with Gasteiger partial charge in [0.05, 0.1) is 18.4 Å². The van der Waals surface area contributed by atoms with E-state index in [0.717, 1.165) is 0 Å². The van der Waals surface area contributed by atoms with Crippen LogP contribution in [0.1, 0.15) is 22.8 Å². The Hall–Kier alpha value is -3.88. The lowest BCUT2D eigenvalue weighted by atomic mass is 10.2. The molecule has 0 fully saturated rings. The number of nitrogens with zero attached hydrogens (tertiary/aromatic N) is 1. The first-order valence-corrected chi connectivity index (χ1v) is 8.37. The Morgan fingerprint density at radius 3 is 2.50 bits per heavy atom. The van der Waals surface area contributed by atoms with Crippen LogP contribution in [0.3, 0.4) is 0 Å². The molecule has 4 N–H and O–H groups in total. The summed E-state index contributed by atoms with van der Waals surface area (Å²) in [6.45, 7) is 1.78. The van der Waals surface area contributed by atoms with Gasteiger partial charge in [-0.2, -0.15) is 5.10 Å². The predicted octanol–water partition coefficient (Wildman–Crippen LogP) is 1.88.